The van der Waals surface area contributed by atoms with Crippen molar-refractivity contribution in [1.82, 2.24) is 0 Å². The molecule has 0 saturated carbocycles. The van der Waals surface area contributed by atoms with E-state index in [9.17, 15) is 14.4 Å². The van der Waals surface area contributed by atoms with E-state index >= 15 is 0 Å². The molecule has 2 heterocycles. The maximum atomic E-state index is 13.1. The van der Waals surface area contributed by atoms with Crippen molar-refractivity contribution in [3.8, 4) is 46.0 Å². The van der Waals surface area contributed by atoms with Gasteiger partial charge in [-0.3, -0.25) is 0 Å². The van der Waals surface area contributed by atoms with Crippen molar-refractivity contribution < 1.29 is 42.8 Å². The molecule has 0 bridgehead atoms. The van der Waals surface area contributed by atoms with E-state index in [2.05, 4.69) is 9.98 Å². The molecule has 0 saturated heterocycles. The van der Waals surface area contributed by atoms with Crippen LogP contribution in [0.3, 0.4) is 0 Å². The third kappa shape index (κ3) is 6.39. The Morgan fingerprint density at radius 1 is 0.509 bits per heavy atom. The van der Waals surface area contributed by atoms with Gasteiger partial charge in [0, 0.05) is 24.3 Å². The van der Waals surface area contributed by atoms with Crippen LogP contribution in [0.15, 0.2) is 125 Å². The second kappa shape index (κ2) is 13.8. The number of ether oxygens (including phenoxy) is 6. The summed E-state index contributed by atoms with van der Waals surface area (Å²) in [6, 6.07) is 30.8. The molecular weight excluding hydrogens is 723 g/mol. The number of carbonyl (C=O) groups excluding carboxylic acids is 3. The summed E-state index contributed by atoms with van der Waals surface area (Å²) in [7, 11) is 1.42. The number of halogens is 2. The normalized spacial score (nSPS) is 11.8. The van der Waals surface area contributed by atoms with Crippen molar-refractivity contribution in [2.45, 2.75) is 0 Å². The third-order valence-electron chi connectivity index (χ3n) is 8.04. The number of esters is 3. The van der Waals surface area contributed by atoms with Crippen LogP contribution >= 0.6 is 23.2 Å². The van der Waals surface area contributed by atoms with Gasteiger partial charge >= 0.3 is 17.9 Å². The predicted octanol–water partition coefficient (Wildman–Crippen LogP) is 8.77. The fourth-order valence-electron chi connectivity index (χ4n) is 5.47. The van der Waals surface area contributed by atoms with E-state index in [0.717, 1.165) is 0 Å². The molecule has 0 aliphatic carbocycles. The van der Waals surface area contributed by atoms with Crippen LogP contribution in [0.1, 0.15) is 31.1 Å². The van der Waals surface area contributed by atoms with Crippen LogP contribution in [0.25, 0.3) is 0 Å². The molecule has 0 N–H and O–H groups in total. The van der Waals surface area contributed by atoms with Crippen LogP contribution < -0.4 is 39.1 Å². The Kier molecular flexibility index (Phi) is 8.71. The molecule has 0 radical (unpaired) electrons. The second-order valence-electron chi connectivity index (χ2n) is 11.4. The van der Waals surface area contributed by atoms with Crippen molar-refractivity contribution in [3.63, 3.8) is 0 Å². The first kappa shape index (κ1) is 33.5. The summed E-state index contributed by atoms with van der Waals surface area (Å²) in [4.78, 5) is 48.4. The highest BCUT2D eigenvalue weighted by molar-refractivity contribution is 6.35. The van der Waals surface area contributed by atoms with E-state index in [1.807, 2.05) is 0 Å². The number of fused-ring (bicyclic) bond motifs is 4. The van der Waals surface area contributed by atoms with Crippen molar-refractivity contribution in [3.05, 3.63) is 153 Å². The first-order chi connectivity index (χ1) is 25.8. The van der Waals surface area contributed by atoms with E-state index in [1.54, 1.807) is 91.0 Å². The molecule has 6 aromatic carbocycles. The number of hydrogen-bond donors (Lipinski definition) is 0. The maximum absolute atomic E-state index is 13.1. The van der Waals surface area contributed by atoms with E-state index in [4.69, 9.17) is 51.6 Å². The minimum absolute atomic E-state index is 0.000473. The Morgan fingerprint density at radius 3 is 1.23 bits per heavy atom. The molecule has 2 aliphatic heterocycles. The number of benzene rings is 6. The van der Waals surface area contributed by atoms with Crippen molar-refractivity contribution in [2.75, 3.05) is 7.11 Å². The van der Waals surface area contributed by atoms with Gasteiger partial charge in [-0.25, -0.2) is 24.4 Å². The molecule has 0 unspecified atom stereocenters. The van der Waals surface area contributed by atoms with Crippen LogP contribution in [0.4, 0.5) is 11.4 Å². The molecule has 13 heteroatoms. The number of nitrogens with zero attached hydrogens (tertiary/aromatic N) is 2. The lowest BCUT2D eigenvalue weighted by Crippen LogP contribution is -2.22. The van der Waals surface area contributed by atoms with E-state index in [0.29, 0.717) is 5.56 Å². The summed E-state index contributed by atoms with van der Waals surface area (Å²) in [6.07, 6.45) is 0. The Hall–Kier alpha value is -6.69. The smallest absolute Gasteiger partial charge is 0.343 e. The van der Waals surface area contributed by atoms with Gasteiger partial charge in [-0.2, -0.15) is 0 Å². The summed E-state index contributed by atoms with van der Waals surface area (Å²) in [6.45, 7) is 0. The Morgan fingerprint density at radius 2 is 0.849 bits per heavy atom. The topological polar surface area (TPSA) is 131 Å². The zero-order valence-corrected chi connectivity index (χ0v) is 28.8. The van der Waals surface area contributed by atoms with Gasteiger partial charge in [0.05, 0.1) is 23.8 Å². The quantitative estimate of drug-likeness (QED) is 0.116. The lowest BCUT2D eigenvalue weighted by Gasteiger charge is -2.22. The molecule has 0 spiro atoms. The van der Waals surface area contributed by atoms with Crippen molar-refractivity contribution in [2.24, 2.45) is 9.98 Å². The average molecular weight is 746 g/mol. The molecule has 11 nitrogen and oxygen atoms in total. The highest BCUT2D eigenvalue weighted by atomic mass is 35.5. The molecule has 260 valence electrons. The van der Waals surface area contributed by atoms with E-state index in [1.165, 1.54) is 31.4 Å². The number of methoxy groups -OCH3 is 1. The molecule has 0 fully saturated rings. The van der Waals surface area contributed by atoms with Gasteiger partial charge in [-0.1, -0.05) is 77.8 Å². The largest absolute Gasteiger partial charge is 0.493 e. The SMILES string of the molecule is COc1cc2c(cc1OC(=O)c1ccccc1)N=c1c(Cl)c3c(c(Cl)c1O2)=Nc1cc(OC(=O)c2ccccc2)c(OC(=O)c2ccccc2)cc1O3. The molecule has 8 rings (SSSR count). The standard InChI is InChI=1S/C40H22Cl2N2O9/c1-48-28-19-26-24(17-29(28)51-38(45)21-11-5-2-6-12-21)43-34-33(42)37-35(32(41)36(34)49-26)44-25-18-30(52-39(46)22-13-7-3-8-14-22)31(20-27(25)50-37)53-40(47)23-15-9-4-10-16-23/h2-20H,1H3. The van der Waals surface area contributed by atoms with Crippen LogP contribution in [0.5, 0.6) is 46.0 Å². The van der Waals surface area contributed by atoms with Gasteiger partial charge in [0.25, 0.3) is 0 Å². The molecule has 0 aromatic heterocycles. The minimum atomic E-state index is -0.703. The average Bonchev–Trinajstić information content (AvgIpc) is 3.19. The summed E-state index contributed by atoms with van der Waals surface area (Å²) in [5.41, 5.74) is 1.32. The maximum Gasteiger partial charge on any atom is 0.343 e. The Balaban J connectivity index is 1.20. The van der Waals surface area contributed by atoms with Gasteiger partial charge in [-0.15, -0.1) is 0 Å². The van der Waals surface area contributed by atoms with Gasteiger partial charge in [0.1, 0.15) is 32.1 Å². The lowest BCUT2D eigenvalue weighted by atomic mass is 10.1. The first-order valence-electron chi connectivity index (χ1n) is 15.8. The van der Waals surface area contributed by atoms with Gasteiger partial charge in [-0.05, 0) is 36.4 Å². The number of hydrogen-bond acceptors (Lipinski definition) is 11. The lowest BCUT2D eigenvalue weighted by molar-refractivity contribution is 0.0682. The Labute approximate surface area is 310 Å². The molecule has 0 amide bonds. The molecular formula is C40H22Cl2N2O9. The van der Waals surface area contributed by atoms with Crippen LogP contribution in [-0.2, 0) is 0 Å². The highest BCUT2D eigenvalue weighted by Crippen LogP contribution is 2.48. The van der Waals surface area contributed by atoms with Crippen molar-refractivity contribution >= 4 is 52.5 Å². The van der Waals surface area contributed by atoms with Crippen molar-refractivity contribution in [1.29, 1.82) is 0 Å². The number of rotatable bonds is 7. The molecule has 53 heavy (non-hydrogen) atoms. The summed E-state index contributed by atoms with van der Waals surface area (Å²) in [5, 5.41) is 0.244. The third-order valence-corrected chi connectivity index (χ3v) is 8.74. The summed E-state index contributed by atoms with van der Waals surface area (Å²) >= 11 is 13.8. The first-order valence-corrected chi connectivity index (χ1v) is 16.6. The van der Waals surface area contributed by atoms with Gasteiger partial charge < -0.3 is 28.4 Å². The molecule has 6 aromatic rings. The fourth-order valence-corrected chi connectivity index (χ4v) is 5.98. The number of carbonyl (C=O) groups is 3. The molecule has 0 atom stereocenters. The van der Waals surface area contributed by atoms with Crippen LogP contribution in [0.2, 0.25) is 10.0 Å². The summed E-state index contributed by atoms with van der Waals surface area (Å²) in [5.74, 6) is -1.45. The fraction of sp³-hybridized carbons (Fsp3) is 0.0250. The van der Waals surface area contributed by atoms with Crippen LogP contribution in [-0.4, -0.2) is 25.0 Å². The van der Waals surface area contributed by atoms with Crippen LogP contribution in [0, 0.1) is 0 Å². The zero-order valence-electron chi connectivity index (χ0n) is 27.3. The van der Waals surface area contributed by atoms with E-state index in [-0.39, 0.29) is 89.3 Å². The monoisotopic (exact) mass is 744 g/mol. The summed E-state index contributed by atoms with van der Waals surface area (Å²) < 4.78 is 35.0. The molecule has 2 aliphatic rings. The predicted molar refractivity (Wildman–Crippen MR) is 192 cm³/mol. The Bertz CT molecular complexity index is 2600. The minimum Gasteiger partial charge on any atom is -0.493 e. The second-order valence-corrected chi connectivity index (χ2v) is 12.2. The van der Waals surface area contributed by atoms with Gasteiger partial charge in [0.2, 0.25) is 0 Å². The highest BCUT2D eigenvalue weighted by Gasteiger charge is 2.30. The van der Waals surface area contributed by atoms with Gasteiger partial charge in [0.15, 0.2) is 46.0 Å². The van der Waals surface area contributed by atoms with E-state index < -0.39 is 17.9 Å². The zero-order chi connectivity index (χ0) is 36.6.